The third kappa shape index (κ3) is 2.37. The minimum absolute atomic E-state index is 0.124. The van der Waals surface area contributed by atoms with Crippen LogP contribution < -0.4 is 5.32 Å². The number of nitrogens with one attached hydrogen (secondary N) is 1. The van der Waals surface area contributed by atoms with Crippen LogP contribution in [0.3, 0.4) is 0 Å². The molecule has 3 aromatic rings. The van der Waals surface area contributed by atoms with Crippen molar-refractivity contribution < 1.29 is 8.78 Å². The lowest BCUT2D eigenvalue weighted by atomic mass is 10.2. The van der Waals surface area contributed by atoms with Gasteiger partial charge < -0.3 is 5.32 Å². The number of rotatable bonds is 3. The molecule has 5 heteroatoms. The Balaban J connectivity index is 1.89. The fourth-order valence-corrected chi connectivity index (χ4v) is 3.45. The smallest absolute Gasteiger partial charge is 0.149 e. The third-order valence-corrected chi connectivity index (χ3v) is 4.70. The van der Waals surface area contributed by atoms with Crippen molar-refractivity contribution >= 4 is 38.7 Å². The van der Waals surface area contributed by atoms with Crippen molar-refractivity contribution in [3.05, 3.63) is 64.0 Å². The average molecular weight is 310 g/mol. The monoisotopic (exact) mass is 309 g/mol. The van der Waals surface area contributed by atoms with Crippen LogP contribution in [0.5, 0.6) is 0 Å². The maximum Gasteiger partial charge on any atom is 0.149 e. The van der Waals surface area contributed by atoms with E-state index in [0.29, 0.717) is 5.02 Å². The van der Waals surface area contributed by atoms with E-state index in [1.165, 1.54) is 29.5 Å². The van der Waals surface area contributed by atoms with Crippen LogP contribution in [0.15, 0.2) is 42.5 Å². The molecular weight excluding hydrogens is 300 g/mol. The zero-order valence-electron chi connectivity index (χ0n) is 10.3. The quantitative estimate of drug-likeness (QED) is 0.679. The van der Waals surface area contributed by atoms with Crippen molar-refractivity contribution in [3.8, 4) is 0 Å². The average Bonchev–Trinajstić information content (AvgIpc) is 2.76. The van der Waals surface area contributed by atoms with Crippen LogP contribution in [-0.4, -0.2) is 0 Å². The van der Waals surface area contributed by atoms with E-state index in [-0.39, 0.29) is 12.2 Å². The summed E-state index contributed by atoms with van der Waals surface area (Å²) in [6.45, 7) is 0.288. The van der Waals surface area contributed by atoms with Gasteiger partial charge in [-0.2, -0.15) is 0 Å². The zero-order chi connectivity index (χ0) is 14.1. The number of thiophene rings is 1. The van der Waals surface area contributed by atoms with Crippen LogP contribution >= 0.6 is 22.9 Å². The van der Waals surface area contributed by atoms with Gasteiger partial charge in [-0.25, -0.2) is 8.78 Å². The molecule has 0 radical (unpaired) electrons. The number of halogens is 3. The lowest BCUT2D eigenvalue weighted by molar-refractivity contribution is 0.588. The molecule has 0 aliphatic heterocycles. The molecule has 1 heterocycles. The van der Waals surface area contributed by atoms with E-state index in [1.54, 1.807) is 0 Å². The highest BCUT2D eigenvalue weighted by atomic mass is 35.5. The van der Waals surface area contributed by atoms with E-state index in [1.807, 2.05) is 24.3 Å². The van der Waals surface area contributed by atoms with Gasteiger partial charge in [-0.3, -0.25) is 0 Å². The van der Waals surface area contributed by atoms with E-state index < -0.39 is 11.6 Å². The Bertz CT molecular complexity index is 749. The van der Waals surface area contributed by atoms with E-state index >= 15 is 0 Å². The summed E-state index contributed by atoms with van der Waals surface area (Å²) in [6.07, 6.45) is 0. The molecule has 0 bridgehead atoms. The molecule has 3 rings (SSSR count). The number of para-hydroxylation sites is 1. The molecule has 0 spiro atoms. The first-order chi connectivity index (χ1) is 9.66. The molecule has 1 nitrogen and oxygen atoms in total. The minimum atomic E-state index is -0.609. The summed E-state index contributed by atoms with van der Waals surface area (Å²) < 4.78 is 28.1. The molecule has 0 fully saturated rings. The van der Waals surface area contributed by atoms with Crippen LogP contribution in [-0.2, 0) is 6.54 Å². The predicted molar refractivity (Wildman–Crippen MR) is 80.5 cm³/mol. The Morgan fingerprint density at radius 3 is 2.40 bits per heavy atom. The van der Waals surface area contributed by atoms with E-state index in [2.05, 4.69) is 5.32 Å². The van der Waals surface area contributed by atoms with Crippen LogP contribution in [0.1, 0.15) is 4.88 Å². The Morgan fingerprint density at radius 2 is 1.70 bits per heavy atom. The van der Waals surface area contributed by atoms with E-state index in [4.69, 9.17) is 11.6 Å². The highest BCUT2D eigenvalue weighted by Crippen LogP contribution is 2.35. The molecular formula is C15H10ClF2NS. The van der Waals surface area contributed by atoms with Gasteiger partial charge in [-0.1, -0.05) is 35.9 Å². The maximum absolute atomic E-state index is 13.5. The lowest BCUT2D eigenvalue weighted by Crippen LogP contribution is -2.02. The second-order valence-electron chi connectivity index (χ2n) is 4.29. The Morgan fingerprint density at radius 1 is 1.00 bits per heavy atom. The molecule has 0 aliphatic rings. The van der Waals surface area contributed by atoms with Crippen molar-refractivity contribution in [1.82, 2.24) is 0 Å². The van der Waals surface area contributed by atoms with Crippen molar-refractivity contribution in [2.45, 2.75) is 6.54 Å². The van der Waals surface area contributed by atoms with Crippen LogP contribution in [0.2, 0.25) is 5.02 Å². The summed E-state index contributed by atoms with van der Waals surface area (Å²) in [6, 6.07) is 11.5. The second-order valence-corrected chi connectivity index (χ2v) is 5.80. The Kier molecular flexibility index (Phi) is 3.59. The van der Waals surface area contributed by atoms with Crippen molar-refractivity contribution in [1.29, 1.82) is 0 Å². The first-order valence-corrected chi connectivity index (χ1v) is 7.20. The molecule has 2 aromatic carbocycles. The second kappa shape index (κ2) is 5.38. The third-order valence-electron chi connectivity index (χ3n) is 2.99. The standard InChI is InChI=1S/C15H10ClF2NS/c16-14-9-4-1-2-7-12(9)20-13(14)8-19-15-10(17)5-3-6-11(15)18/h1-7,19H,8H2. The number of benzene rings is 2. The molecule has 0 amide bonds. The normalized spacial score (nSPS) is 10.9. The van der Waals surface area contributed by atoms with Crippen molar-refractivity contribution in [2.75, 3.05) is 5.32 Å². The zero-order valence-corrected chi connectivity index (χ0v) is 11.9. The fraction of sp³-hybridized carbons (Fsp3) is 0.0667. The topological polar surface area (TPSA) is 12.0 Å². The van der Waals surface area contributed by atoms with Gasteiger partial charge >= 0.3 is 0 Å². The molecule has 20 heavy (non-hydrogen) atoms. The maximum atomic E-state index is 13.5. The SMILES string of the molecule is Fc1cccc(F)c1NCc1sc2ccccc2c1Cl. The van der Waals surface area contributed by atoms with E-state index in [0.717, 1.165) is 15.0 Å². The fourth-order valence-electron chi connectivity index (χ4n) is 2.01. The van der Waals surface area contributed by atoms with Crippen LogP contribution in [0.4, 0.5) is 14.5 Å². The van der Waals surface area contributed by atoms with Gasteiger partial charge in [0.05, 0.1) is 11.6 Å². The lowest BCUT2D eigenvalue weighted by Gasteiger charge is -2.07. The van der Waals surface area contributed by atoms with Gasteiger partial charge in [0.2, 0.25) is 0 Å². The highest BCUT2D eigenvalue weighted by Gasteiger charge is 2.12. The molecule has 0 saturated heterocycles. The molecule has 0 aliphatic carbocycles. The Hall–Kier alpha value is -1.65. The van der Waals surface area contributed by atoms with Gasteiger partial charge in [0.15, 0.2) is 0 Å². The van der Waals surface area contributed by atoms with Gasteiger partial charge in [-0.15, -0.1) is 11.3 Å². The molecule has 1 N–H and O–H groups in total. The molecule has 0 unspecified atom stereocenters. The number of anilines is 1. The van der Waals surface area contributed by atoms with Crippen molar-refractivity contribution in [2.24, 2.45) is 0 Å². The number of hydrogen-bond donors (Lipinski definition) is 1. The first-order valence-electron chi connectivity index (χ1n) is 6.00. The van der Waals surface area contributed by atoms with Gasteiger partial charge in [0, 0.05) is 15.0 Å². The summed E-state index contributed by atoms with van der Waals surface area (Å²) >= 11 is 7.80. The summed E-state index contributed by atoms with van der Waals surface area (Å²) in [5.41, 5.74) is -0.124. The van der Waals surface area contributed by atoms with Gasteiger partial charge in [0.25, 0.3) is 0 Å². The molecule has 0 saturated carbocycles. The molecule has 1 aromatic heterocycles. The number of hydrogen-bond acceptors (Lipinski definition) is 2. The summed E-state index contributed by atoms with van der Waals surface area (Å²) in [5, 5.41) is 4.37. The van der Waals surface area contributed by atoms with E-state index in [9.17, 15) is 8.78 Å². The summed E-state index contributed by atoms with van der Waals surface area (Å²) in [7, 11) is 0. The summed E-state index contributed by atoms with van der Waals surface area (Å²) in [5.74, 6) is -1.22. The van der Waals surface area contributed by atoms with Gasteiger partial charge in [-0.05, 0) is 18.2 Å². The molecule has 102 valence electrons. The van der Waals surface area contributed by atoms with Crippen LogP contribution in [0.25, 0.3) is 10.1 Å². The Labute approximate surface area is 123 Å². The minimum Gasteiger partial charge on any atom is -0.375 e. The van der Waals surface area contributed by atoms with Crippen LogP contribution in [0, 0.1) is 11.6 Å². The number of fused-ring (bicyclic) bond motifs is 1. The largest absolute Gasteiger partial charge is 0.375 e. The van der Waals surface area contributed by atoms with Gasteiger partial charge in [0.1, 0.15) is 17.3 Å². The predicted octanol–water partition coefficient (Wildman–Crippen LogP) is 5.45. The van der Waals surface area contributed by atoms with Crippen molar-refractivity contribution in [3.63, 3.8) is 0 Å². The summed E-state index contributed by atoms with van der Waals surface area (Å²) in [4.78, 5) is 0.857. The first kappa shape index (κ1) is 13.3. The highest BCUT2D eigenvalue weighted by molar-refractivity contribution is 7.19. The molecule has 0 atom stereocenters.